The standard InChI is InChI=1S/C23H17F6NO4/c1-3-11(2)18(32)16-8-13(5-4-12(16)10-31)21(22(24,25)26,23(27,28)29)14-6-7-15-17(9-14)20(34)30-19(15)33/h4-11H,3H2,1-2H3,(H,30,33,34). The van der Waals surface area contributed by atoms with Crippen LogP contribution in [0.15, 0.2) is 36.4 Å². The van der Waals surface area contributed by atoms with Crippen LogP contribution < -0.4 is 5.32 Å². The first-order valence-electron chi connectivity index (χ1n) is 9.98. The molecule has 0 saturated heterocycles. The average molecular weight is 485 g/mol. The third-order valence-corrected chi connectivity index (χ3v) is 5.96. The lowest BCUT2D eigenvalue weighted by Gasteiger charge is -2.38. The van der Waals surface area contributed by atoms with Crippen molar-refractivity contribution in [2.24, 2.45) is 5.92 Å². The number of hydrogen-bond acceptors (Lipinski definition) is 4. The molecule has 5 nitrogen and oxygen atoms in total. The molecule has 1 aliphatic heterocycles. The van der Waals surface area contributed by atoms with E-state index in [2.05, 4.69) is 0 Å². The quantitative estimate of drug-likeness (QED) is 0.270. The highest BCUT2D eigenvalue weighted by atomic mass is 19.4. The molecule has 0 bridgehead atoms. The molecule has 1 atom stereocenters. The number of carbonyl (C=O) groups is 4. The summed E-state index contributed by atoms with van der Waals surface area (Å²) in [7, 11) is 0. The number of alkyl halides is 6. The molecule has 0 aromatic heterocycles. The van der Waals surface area contributed by atoms with E-state index in [1.807, 2.05) is 5.32 Å². The Balaban J connectivity index is 2.42. The van der Waals surface area contributed by atoms with Crippen molar-refractivity contribution in [1.82, 2.24) is 5.32 Å². The lowest BCUT2D eigenvalue weighted by Crippen LogP contribution is -2.55. The number of carbonyl (C=O) groups excluding carboxylic acids is 4. The van der Waals surface area contributed by atoms with Crippen LogP contribution in [0.5, 0.6) is 0 Å². The van der Waals surface area contributed by atoms with Crippen LogP contribution in [-0.2, 0) is 5.41 Å². The van der Waals surface area contributed by atoms with Crippen molar-refractivity contribution in [3.63, 3.8) is 0 Å². The van der Waals surface area contributed by atoms with E-state index >= 15 is 0 Å². The summed E-state index contributed by atoms with van der Waals surface area (Å²) in [6, 6.07) is 3.20. The molecule has 0 spiro atoms. The Labute approximate surface area is 189 Å². The first-order valence-corrected chi connectivity index (χ1v) is 9.98. The molecule has 0 fully saturated rings. The minimum Gasteiger partial charge on any atom is -0.298 e. The Morgan fingerprint density at radius 3 is 1.97 bits per heavy atom. The van der Waals surface area contributed by atoms with E-state index in [9.17, 15) is 45.5 Å². The fourth-order valence-electron chi connectivity index (χ4n) is 3.94. The van der Waals surface area contributed by atoms with Crippen molar-refractivity contribution < 1.29 is 45.5 Å². The van der Waals surface area contributed by atoms with Crippen LogP contribution in [0.25, 0.3) is 0 Å². The number of Topliss-reactive ketones (excluding diaryl/α,β-unsaturated/α-hetero) is 1. The van der Waals surface area contributed by atoms with Gasteiger partial charge >= 0.3 is 12.4 Å². The minimum atomic E-state index is -5.99. The van der Waals surface area contributed by atoms with E-state index in [-0.39, 0.29) is 23.8 Å². The number of rotatable bonds is 6. The maximum absolute atomic E-state index is 14.5. The summed E-state index contributed by atoms with van der Waals surface area (Å²) in [6.45, 7) is 3.03. The number of ketones is 1. The van der Waals surface area contributed by atoms with E-state index in [0.29, 0.717) is 30.3 Å². The summed E-state index contributed by atoms with van der Waals surface area (Å²) in [5, 5.41) is 1.81. The van der Waals surface area contributed by atoms with E-state index in [0.717, 1.165) is 6.07 Å². The zero-order valence-electron chi connectivity index (χ0n) is 17.7. The largest absolute Gasteiger partial charge is 0.411 e. The van der Waals surface area contributed by atoms with Gasteiger partial charge in [0.25, 0.3) is 11.8 Å². The van der Waals surface area contributed by atoms with Crippen LogP contribution in [0.3, 0.4) is 0 Å². The number of benzene rings is 2. The smallest absolute Gasteiger partial charge is 0.298 e. The molecule has 3 rings (SSSR count). The molecule has 1 unspecified atom stereocenters. The van der Waals surface area contributed by atoms with Gasteiger partial charge in [-0.15, -0.1) is 0 Å². The van der Waals surface area contributed by atoms with Crippen LogP contribution in [0, 0.1) is 5.92 Å². The molecule has 2 aromatic carbocycles. The molecule has 0 radical (unpaired) electrons. The van der Waals surface area contributed by atoms with Gasteiger partial charge in [-0.3, -0.25) is 24.5 Å². The van der Waals surface area contributed by atoms with Gasteiger partial charge in [-0.05, 0) is 35.7 Å². The van der Waals surface area contributed by atoms with E-state index in [4.69, 9.17) is 0 Å². The predicted molar refractivity (Wildman–Crippen MR) is 107 cm³/mol. The number of hydrogen-bond donors (Lipinski definition) is 1. The second-order valence-electron chi connectivity index (χ2n) is 7.88. The Kier molecular flexibility index (Phi) is 6.19. The first kappa shape index (κ1) is 25.1. The minimum absolute atomic E-state index is 0.174. The third-order valence-electron chi connectivity index (χ3n) is 5.96. The van der Waals surface area contributed by atoms with Crippen LogP contribution in [0.2, 0.25) is 0 Å². The molecule has 1 N–H and O–H groups in total. The number of amides is 2. The molecule has 0 aliphatic carbocycles. The highest BCUT2D eigenvalue weighted by Gasteiger charge is 2.72. The zero-order valence-corrected chi connectivity index (χ0v) is 17.7. The van der Waals surface area contributed by atoms with E-state index in [1.165, 1.54) is 6.92 Å². The number of aldehydes is 1. The van der Waals surface area contributed by atoms with Gasteiger partial charge in [0.2, 0.25) is 5.41 Å². The highest BCUT2D eigenvalue weighted by molar-refractivity contribution is 6.21. The van der Waals surface area contributed by atoms with Crippen molar-refractivity contribution in [1.29, 1.82) is 0 Å². The Morgan fingerprint density at radius 1 is 0.912 bits per heavy atom. The van der Waals surface area contributed by atoms with Gasteiger partial charge < -0.3 is 0 Å². The van der Waals surface area contributed by atoms with Gasteiger partial charge in [0.15, 0.2) is 12.1 Å². The fraction of sp³-hybridized carbons (Fsp3) is 0.304. The molecule has 1 aliphatic rings. The second-order valence-corrected chi connectivity index (χ2v) is 7.88. The number of imide groups is 1. The molecule has 1 heterocycles. The summed E-state index contributed by atoms with van der Waals surface area (Å²) in [5.74, 6) is -3.64. The number of nitrogens with one attached hydrogen (secondary N) is 1. The van der Waals surface area contributed by atoms with E-state index in [1.54, 1.807) is 6.92 Å². The van der Waals surface area contributed by atoms with Crippen LogP contribution in [-0.4, -0.2) is 36.2 Å². The predicted octanol–water partition coefficient (Wildman–Crippen LogP) is 5.02. The highest BCUT2D eigenvalue weighted by Crippen LogP contribution is 2.56. The SMILES string of the molecule is CCC(C)C(=O)c1cc(C(c2ccc3c(c2)C(=O)NC3=O)(C(F)(F)F)C(F)(F)F)ccc1C=O. The van der Waals surface area contributed by atoms with Gasteiger partial charge in [-0.2, -0.15) is 26.3 Å². The lowest BCUT2D eigenvalue weighted by molar-refractivity contribution is -0.288. The van der Waals surface area contributed by atoms with Crippen molar-refractivity contribution in [3.05, 3.63) is 69.8 Å². The van der Waals surface area contributed by atoms with Gasteiger partial charge in [0.1, 0.15) is 0 Å². The topological polar surface area (TPSA) is 80.3 Å². The van der Waals surface area contributed by atoms with Crippen LogP contribution >= 0.6 is 0 Å². The molecular weight excluding hydrogens is 468 g/mol. The molecule has 180 valence electrons. The maximum atomic E-state index is 14.5. The first-order chi connectivity index (χ1) is 15.7. The summed E-state index contributed by atoms with van der Waals surface area (Å²) in [6.07, 6.45) is -11.6. The molecule has 2 amide bonds. The van der Waals surface area contributed by atoms with Crippen LogP contribution in [0.1, 0.15) is 72.8 Å². The monoisotopic (exact) mass is 485 g/mol. The zero-order chi connectivity index (χ0) is 25.6. The lowest BCUT2D eigenvalue weighted by atomic mass is 9.71. The summed E-state index contributed by atoms with van der Waals surface area (Å²) in [5.41, 5.74) is -9.31. The molecule has 2 aromatic rings. The van der Waals surface area contributed by atoms with Gasteiger partial charge in [0, 0.05) is 17.0 Å². The van der Waals surface area contributed by atoms with Crippen LogP contribution in [0.4, 0.5) is 26.3 Å². The van der Waals surface area contributed by atoms with Crippen molar-refractivity contribution in [3.8, 4) is 0 Å². The number of fused-ring (bicyclic) bond motifs is 1. The van der Waals surface area contributed by atoms with Crippen molar-refractivity contribution >= 4 is 23.9 Å². The van der Waals surface area contributed by atoms with Crippen molar-refractivity contribution in [2.75, 3.05) is 0 Å². The fourth-order valence-corrected chi connectivity index (χ4v) is 3.94. The molecule has 11 heteroatoms. The summed E-state index contributed by atoms with van der Waals surface area (Å²) in [4.78, 5) is 47.8. The normalized spacial score (nSPS) is 15.1. The average Bonchev–Trinajstić information content (AvgIpc) is 3.04. The Bertz CT molecular complexity index is 1180. The second kappa shape index (κ2) is 8.37. The summed E-state index contributed by atoms with van der Waals surface area (Å²) < 4.78 is 86.8. The molecule has 0 saturated carbocycles. The Morgan fingerprint density at radius 2 is 1.44 bits per heavy atom. The van der Waals surface area contributed by atoms with Gasteiger partial charge in [-0.1, -0.05) is 32.0 Å². The molecule has 34 heavy (non-hydrogen) atoms. The van der Waals surface area contributed by atoms with Gasteiger partial charge in [-0.25, -0.2) is 0 Å². The Hall–Kier alpha value is -3.50. The maximum Gasteiger partial charge on any atom is 0.411 e. The van der Waals surface area contributed by atoms with Crippen molar-refractivity contribution in [2.45, 2.75) is 38.0 Å². The third kappa shape index (κ3) is 3.68. The number of halogens is 6. The van der Waals surface area contributed by atoms with E-state index < -0.39 is 63.5 Å². The molecular formula is C23H17F6NO4. The summed E-state index contributed by atoms with van der Waals surface area (Å²) >= 11 is 0. The van der Waals surface area contributed by atoms with Gasteiger partial charge in [0.05, 0.1) is 11.1 Å².